The maximum Gasteiger partial charge on any atom is 0.105 e. The van der Waals surface area contributed by atoms with Gasteiger partial charge in [-0.2, -0.15) is 0 Å². The minimum Gasteiger partial charge on any atom is -0.379 e. The number of aliphatic hydroxyl groups is 1. The van der Waals surface area contributed by atoms with Gasteiger partial charge in [0.2, 0.25) is 0 Å². The third kappa shape index (κ3) is 3.15. The van der Waals surface area contributed by atoms with E-state index in [4.69, 9.17) is 0 Å². The van der Waals surface area contributed by atoms with Gasteiger partial charge in [-0.25, -0.2) is 0 Å². The quantitative estimate of drug-likeness (QED) is 0.919. The van der Waals surface area contributed by atoms with Gasteiger partial charge in [0, 0.05) is 30.9 Å². The summed E-state index contributed by atoms with van der Waals surface area (Å²) in [5.41, 5.74) is 2.70. The molecule has 3 nitrogen and oxygen atoms in total. The fraction of sp³-hybridized carbons (Fsp3) is 0.647. The molecule has 1 N–H and O–H groups in total. The summed E-state index contributed by atoms with van der Waals surface area (Å²) in [6.45, 7) is 12.7. The second-order valence-electron chi connectivity index (χ2n) is 6.43. The highest BCUT2D eigenvalue weighted by molar-refractivity contribution is 5.50. The summed E-state index contributed by atoms with van der Waals surface area (Å²) in [6.07, 6.45) is -0.371. The van der Waals surface area contributed by atoms with E-state index in [0.717, 1.165) is 13.1 Å². The number of nitrogens with zero attached hydrogens (tertiary/aromatic N) is 2. The molecule has 20 heavy (non-hydrogen) atoms. The van der Waals surface area contributed by atoms with Crippen molar-refractivity contribution in [3.63, 3.8) is 0 Å². The number of aliphatic hydroxyl groups excluding tert-OH is 1. The van der Waals surface area contributed by atoms with E-state index in [1.165, 1.54) is 11.3 Å². The summed E-state index contributed by atoms with van der Waals surface area (Å²) in [7, 11) is 0. The van der Waals surface area contributed by atoms with Crippen molar-refractivity contribution in [2.45, 2.75) is 58.8 Å². The van der Waals surface area contributed by atoms with Gasteiger partial charge >= 0.3 is 0 Å². The molecule has 1 heterocycles. The topological polar surface area (TPSA) is 26.7 Å². The van der Waals surface area contributed by atoms with Gasteiger partial charge in [0.05, 0.1) is 0 Å². The minimum atomic E-state index is -0.371. The number of piperazine rings is 1. The smallest absolute Gasteiger partial charge is 0.105 e. The Kier molecular flexibility index (Phi) is 4.71. The number of hydrogen-bond acceptors (Lipinski definition) is 3. The minimum absolute atomic E-state index is 0.362. The monoisotopic (exact) mass is 276 g/mol. The summed E-state index contributed by atoms with van der Waals surface area (Å²) in [4.78, 5) is 4.64. The SMILES string of the molecule is CC(C)c1cccc(N2C[C@@H](C)N(C(C)O)[C@@H](C)C2)c1. The summed E-state index contributed by atoms with van der Waals surface area (Å²) in [6, 6.07) is 9.59. The molecule has 1 aliphatic heterocycles. The van der Waals surface area contributed by atoms with Gasteiger partial charge in [-0.3, -0.25) is 4.90 Å². The number of rotatable bonds is 3. The normalized spacial score (nSPS) is 26.1. The number of benzene rings is 1. The first-order valence-electron chi connectivity index (χ1n) is 7.70. The molecule has 1 aromatic carbocycles. The van der Waals surface area contributed by atoms with Crippen LogP contribution in [0.1, 0.15) is 46.1 Å². The average molecular weight is 276 g/mol. The van der Waals surface area contributed by atoms with E-state index in [9.17, 15) is 5.11 Å². The number of anilines is 1. The van der Waals surface area contributed by atoms with Crippen LogP contribution in [0, 0.1) is 0 Å². The van der Waals surface area contributed by atoms with Crippen LogP contribution in [0.4, 0.5) is 5.69 Å². The van der Waals surface area contributed by atoms with E-state index in [2.05, 4.69) is 61.8 Å². The van der Waals surface area contributed by atoms with Crippen molar-refractivity contribution < 1.29 is 5.11 Å². The van der Waals surface area contributed by atoms with Gasteiger partial charge in [-0.05, 0) is 44.4 Å². The van der Waals surface area contributed by atoms with Crippen LogP contribution in [0.2, 0.25) is 0 Å². The zero-order valence-corrected chi connectivity index (χ0v) is 13.4. The van der Waals surface area contributed by atoms with Crippen molar-refractivity contribution in [3.05, 3.63) is 29.8 Å². The second-order valence-corrected chi connectivity index (χ2v) is 6.43. The van der Waals surface area contributed by atoms with Crippen molar-refractivity contribution >= 4 is 5.69 Å². The second kappa shape index (κ2) is 6.15. The lowest BCUT2D eigenvalue weighted by Gasteiger charge is -2.46. The standard InChI is InChI=1S/C17H28N2O/c1-12(2)16-7-6-8-17(9-16)18-10-13(3)19(15(5)20)14(4)11-18/h6-9,12-15,20H,10-11H2,1-5H3/t13-,14+,15?. The van der Waals surface area contributed by atoms with Crippen molar-refractivity contribution in [1.29, 1.82) is 0 Å². The van der Waals surface area contributed by atoms with E-state index in [-0.39, 0.29) is 6.23 Å². The highest BCUT2D eigenvalue weighted by Crippen LogP contribution is 2.26. The van der Waals surface area contributed by atoms with Crippen LogP contribution in [0.25, 0.3) is 0 Å². The Morgan fingerprint density at radius 1 is 1.10 bits per heavy atom. The molecule has 0 spiro atoms. The van der Waals surface area contributed by atoms with Crippen molar-refractivity contribution in [1.82, 2.24) is 4.90 Å². The number of hydrogen-bond donors (Lipinski definition) is 1. The predicted octanol–water partition coefficient (Wildman–Crippen LogP) is 3.05. The molecule has 1 aromatic rings. The zero-order valence-electron chi connectivity index (χ0n) is 13.4. The van der Waals surface area contributed by atoms with E-state index in [1.807, 2.05) is 6.92 Å². The van der Waals surface area contributed by atoms with E-state index in [1.54, 1.807) is 0 Å². The molecule has 2 rings (SSSR count). The molecule has 3 heteroatoms. The predicted molar refractivity (Wildman–Crippen MR) is 85.2 cm³/mol. The summed E-state index contributed by atoms with van der Waals surface area (Å²) >= 11 is 0. The van der Waals surface area contributed by atoms with Crippen LogP contribution < -0.4 is 4.90 Å². The lowest BCUT2D eigenvalue weighted by Crippen LogP contribution is -2.59. The molecule has 1 aliphatic rings. The van der Waals surface area contributed by atoms with Gasteiger partial charge in [-0.15, -0.1) is 0 Å². The zero-order chi connectivity index (χ0) is 14.9. The molecule has 112 valence electrons. The Bertz CT molecular complexity index is 432. The molecule has 1 unspecified atom stereocenters. The summed E-state index contributed by atoms with van der Waals surface area (Å²) in [5.74, 6) is 0.559. The fourth-order valence-corrected chi connectivity index (χ4v) is 3.36. The van der Waals surface area contributed by atoms with Gasteiger partial charge in [0.15, 0.2) is 0 Å². The van der Waals surface area contributed by atoms with Crippen LogP contribution in [0.5, 0.6) is 0 Å². The van der Waals surface area contributed by atoms with Crippen LogP contribution in [0.3, 0.4) is 0 Å². The Balaban J connectivity index is 2.17. The molecular weight excluding hydrogens is 248 g/mol. The summed E-state index contributed by atoms with van der Waals surface area (Å²) < 4.78 is 0. The van der Waals surface area contributed by atoms with E-state index >= 15 is 0 Å². The van der Waals surface area contributed by atoms with E-state index in [0.29, 0.717) is 18.0 Å². The first-order valence-corrected chi connectivity index (χ1v) is 7.70. The molecule has 3 atom stereocenters. The van der Waals surface area contributed by atoms with Crippen molar-refractivity contribution in [2.24, 2.45) is 0 Å². The highest BCUT2D eigenvalue weighted by Gasteiger charge is 2.31. The lowest BCUT2D eigenvalue weighted by atomic mass is 10.0. The highest BCUT2D eigenvalue weighted by atomic mass is 16.3. The molecule has 0 aromatic heterocycles. The van der Waals surface area contributed by atoms with Gasteiger partial charge in [-0.1, -0.05) is 26.0 Å². The molecule has 0 bridgehead atoms. The van der Waals surface area contributed by atoms with Crippen LogP contribution in [-0.2, 0) is 0 Å². The third-order valence-corrected chi connectivity index (χ3v) is 4.32. The summed E-state index contributed by atoms with van der Waals surface area (Å²) in [5, 5.41) is 9.90. The van der Waals surface area contributed by atoms with Gasteiger partial charge in [0.1, 0.15) is 6.23 Å². The first kappa shape index (κ1) is 15.3. The van der Waals surface area contributed by atoms with Gasteiger partial charge < -0.3 is 10.0 Å². The van der Waals surface area contributed by atoms with Crippen LogP contribution >= 0.6 is 0 Å². The molecule has 0 radical (unpaired) electrons. The molecule has 1 saturated heterocycles. The Morgan fingerprint density at radius 3 is 2.20 bits per heavy atom. The van der Waals surface area contributed by atoms with Crippen molar-refractivity contribution in [2.75, 3.05) is 18.0 Å². The molecular formula is C17H28N2O. The Labute approximate surface area is 123 Å². The third-order valence-electron chi connectivity index (χ3n) is 4.32. The molecule has 0 amide bonds. The van der Waals surface area contributed by atoms with Crippen LogP contribution in [0.15, 0.2) is 24.3 Å². The first-order chi connectivity index (χ1) is 9.40. The van der Waals surface area contributed by atoms with Crippen LogP contribution in [-0.4, -0.2) is 41.4 Å². The molecule has 0 saturated carbocycles. The van der Waals surface area contributed by atoms with Gasteiger partial charge in [0.25, 0.3) is 0 Å². The Hall–Kier alpha value is -1.06. The maximum atomic E-state index is 9.90. The van der Waals surface area contributed by atoms with E-state index < -0.39 is 0 Å². The molecule has 1 fully saturated rings. The largest absolute Gasteiger partial charge is 0.379 e. The average Bonchev–Trinajstić information content (AvgIpc) is 2.37. The Morgan fingerprint density at radius 2 is 1.70 bits per heavy atom. The lowest BCUT2D eigenvalue weighted by molar-refractivity contribution is -0.0394. The molecule has 0 aliphatic carbocycles. The maximum absolute atomic E-state index is 9.90. The fourth-order valence-electron chi connectivity index (χ4n) is 3.36. The van der Waals surface area contributed by atoms with Crippen molar-refractivity contribution in [3.8, 4) is 0 Å².